The van der Waals surface area contributed by atoms with E-state index in [1.54, 1.807) is 18.3 Å². The Morgan fingerprint density at radius 1 is 0.808 bits per heavy atom. The van der Waals surface area contributed by atoms with Gasteiger partial charge in [-0.25, -0.2) is 9.37 Å². The second-order valence-electron chi connectivity index (χ2n) is 6.26. The SMILES string of the molecule is Fc1ccc(Nc2nccc(Nc3ccc(N4CCCC4)cc3)n2)cc1. The molecule has 5 nitrogen and oxygen atoms in total. The predicted molar refractivity (Wildman–Crippen MR) is 103 cm³/mol. The average molecular weight is 349 g/mol. The normalized spacial score (nSPS) is 13.7. The van der Waals surface area contributed by atoms with Gasteiger partial charge in [-0.15, -0.1) is 0 Å². The number of anilines is 5. The number of nitrogens with one attached hydrogen (secondary N) is 2. The fourth-order valence-electron chi connectivity index (χ4n) is 3.03. The molecule has 4 rings (SSSR count). The molecule has 0 aliphatic carbocycles. The van der Waals surface area contributed by atoms with Crippen molar-refractivity contribution in [3.63, 3.8) is 0 Å². The van der Waals surface area contributed by atoms with Crippen LogP contribution in [0.25, 0.3) is 0 Å². The fraction of sp³-hybridized carbons (Fsp3) is 0.200. The smallest absolute Gasteiger partial charge is 0.229 e. The van der Waals surface area contributed by atoms with Crippen LogP contribution in [0.2, 0.25) is 0 Å². The highest BCUT2D eigenvalue weighted by molar-refractivity contribution is 5.62. The summed E-state index contributed by atoms with van der Waals surface area (Å²) < 4.78 is 13.0. The van der Waals surface area contributed by atoms with Crippen LogP contribution in [0, 0.1) is 5.82 Å². The molecule has 0 saturated carbocycles. The Hall–Kier alpha value is -3.15. The molecule has 132 valence electrons. The van der Waals surface area contributed by atoms with Gasteiger partial charge >= 0.3 is 0 Å². The summed E-state index contributed by atoms with van der Waals surface area (Å²) in [6.07, 6.45) is 4.22. The lowest BCUT2D eigenvalue weighted by Crippen LogP contribution is -2.17. The van der Waals surface area contributed by atoms with Crippen molar-refractivity contribution in [3.05, 3.63) is 66.6 Å². The minimum Gasteiger partial charge on any atom is -0.372 e. The first kappa shape index (κ1) is 16.3. The third kappa shape index (κ3) is 3.91. The monoisotopic (exact) mass is 349 g/mol. The van der Waals surface area contributed by atoms with E-state index in [9.17, 15) is 4.39 Å². The number of rotatable bonds is 5. The van der Waals surface area contributed by atoms with E-state index < -0.39 is 0 Å². The number of nitrogens with zero attached hydrogens (tertiary/aromatic N) is 3. The molecule has 26 heavy (non-hydrogen) atoms. The van der Waals surface area contributed by atoms with E-state index in [4.69, 9.17) is 0 Å². The highest BCUT2D eigenvalue weighted by Gasteiger charge is 2.11. The standard InChI is InChI=1S/C20H20FN5/c21-15-3-5-17(6-4-15)24-20-22-12-11-19(25-20)23-16-7-9-18(10-8-16)26-13-1-2-14-26/h3-12H,1-2,13-14H2,(H2,22,23,24,25). The second-order valence-corrected chi connectivity index (χ2v) is 6.26. The Kier molecular flexibility index (Phi) is 4.64. The summed E-state index contributed by atoms with van der Waals surface area (Å²) in [4.78, 5) is 11.1. The van der Waals surface area contributed by atoms with E-state index in [1.165, 1.54) is 30.7 Å². The molecule has 6 heteroatoms. The zero-order valence-electron chi connectivity index (χ0n) is 14.3. The third-order valence-electron chi connectivity index (χ3n) is 4.37. The van der Waals surface area contributed by atoms with Crippen LogP contribution in [0.1, 0.15) is 12.8 Å². The van der Waals surface area contributed by atoms with Gasteiger partial charge in [0.05, 0.1) is 0 Å². The minimum atomic E-state index is -0.274. The lowest BCUT2D eigenvalue weighted by molar-refractivity contribution is 0.628. The Morgan fingerprint density at radius 3 is 2.19 bits per heavy atom. The van der Waals surface area contributed by atoms with E-state index in [0.29, 0.717) is 11.8 Å². The first-order valence-corrected chi connectivity index (χ1v) is 8.74. The van der Waals surface area contributed by atoms with Crippen molar-refractivity contribution in [3.8, 4) is 0 Å². The van der Waals surface area contributed by atoms with Crippen molar-refractivity contribution in [1.29, 1.82) is 0 Å². The van der Waals surface area contributed by atoms with Gasteiger partial charge in [0.25, 0.3) is 0 Å². The van der Waals surface area contributed by atoms with E-state index in [-0.39, 0.29) is 5.82 Å². The van der Waals surface area contributed by atoms with Gasteiger partial charge in [0, 0.05) is 36.3 Å². The summed E-state index contributed by atoms with van der Waals surface area (Å²) in [5.74, 6) is 0.873. The molecule has 0 amide bonds. The summed E-state index contributed by atoms with van der Waals surface area (Å²) in [7, 11) is 0. The van der Waals surface area contributed by atoms with Crippen LogP contribution >= 0.6 is 0 Å². The summed E-state index contributed by atoms with van der Waals surface area (Å²) in [5, 5.41) is 6.36. The first-order valence-electron chi connectivity index (χ1n) is 8.74. The molecule has 1 aliphatic rings. The van der Waals surface area contributed by atoms with Gasteiger partial charge in [0.15, 0.2) is 0 Å². The second kappa shape index (κ2) is 7.39. The Bertz CT molecular complexity index is 858. The summed E-state index contributed by atoms with van der Waals surface area (Å²) in [6.45, 7) is 2.27. The van der Waals surface area contributed by atoms with Crippen molar-refractivity contribution >= 4 is 28.8 Å². The lowest BCUT2D eigenvalue weighted by atomic mass is 10.2. The van der Waals surface area contributed by atoms with Gasteiger partial charge in [0.1, 0.15) is 11.6 Å². The van der Waals surface area contributed by atoms with Crippen LogP contribution in [0.4, 0.5) is 33.2 Å². The molecule has 1 aliphatic heterocycles. The summed E-state index contributed by atoms with van der Waals surface area (Å²) in [5.41, 5.74) is 2.97. The Morgan fingerprint density at radius 2 is 1.46 bits per heavy atom. The highest BCUT2D eigenvalue weighted by atomic mass is 19.1. The topological polar surface area (TPSA) is 53.1 Å². The van der Waals surface area contributed by atoms with E-state index >= 15 is 0 Å². The molecule has 1 fully saturated rings. The summed E-state index contributed by atoms with van der Waals surface area (Å²) in [6, 6.07) is 16.3. The maximum absolute atomic E-state index is 13.0. The van der Waals surface area contributed by atoms with Crippen LogP contribution in [0.3, 0.4) is 0 Å². The largest absolute Gasteiger partial charge is 0.372 e. The number of aromatic nitrogens is 2. The van der Waals surface area contributed by atoms with Crippen LogP contribution in [0.15, 0.2) is 60.8 Å². The number of halogens is 1. The van der Waals surface area contributed by atoms with Crippen molar-refractivity contribution < 1.29 is 4.39 Å². The maximum atomic E-state index is 13.0. The van der Waals surface area contributed by atoms with Gasteiger partial charge in [-0.05, 0) is 67.4 Å². The first-order chi connectivity index (χ1) is 12.8. The zero-order valence-corrected chi connectivity index (χ0v) is 14.3. The third-order valence-corrected chi connectivity index (χ3v) is 4.37. The highest BCUT2D eigenvalue weighted by Crippen LogP contribution is 2.24. The van der Waals surface area contributed by atoms with E-state index in [0.717, 1.165) is 24.5 Å². The molecule has 0 bridgehead atoms. The Labute approximate surface area is 151 Å². The zero-order chi connectivity index (χ0) is 17.8. The Balaban J connectivity index is 1.44. The van der Waals surface area contributed by atoms with Crippen LogP contribution in [-0.2, 0) is 0 Å². The van der Waals surface area contributed by atoms with Crippen molar-refractivity contribution in [1.82, 2.24) is 9.97 Å². The maximum Gasteiger partial charge on any atom is 0.229 e. The van der Waals surface area contributed by atoms with Gasteiger partial charge in [-0.3, -0.25) is 0 Å². The van der Waals surface area contributed by atoms with Crippen molar-refractivity contribution in [2.45, 2.75) is 12.8 Å². The molecule has 1 saturated heterocycles. The molecule has 0 spiro atoms. The molecular formula is C20H20FN5. The summed E-state index contributed by atoms with van der Waals surface area (Å²) >= 11 is 0. The molecule has 2 aromatic carbocycles. The van der Waals surface area contributed by atoms with Crippen LogP contribution < -0.4 is 15.5 Å². The van der Waals surface area contributed by atoms with Gasteiger partial charge in [-0.1, -0.05) is 0 Å². The molecule has 0 radical (unpaired) electrons. The molecular weight excluding hydrogens is 329 g/mol. The molecule has 1 aromatic heterocycles. The van der Waals surface area contributed by atoms with Crippen LogP contribution in [-0.4, -0.2) is 23.1 Å². The van der Waals surface area contributed by atoms with E-state index in [2.05, 4.69) is 49.8 Å². The minimum absolute atomic E-state index is 0.274. The number of benzene rings is 2. The van der Waals surface area contributed by atoms with Gasteiger partial charge in [-0.2, -0.15) is 4.98 Å². The number of hydrogen-bond acceptors (Lipinski definition) is 5. The average Bonchev–Trinajstić information content (AvgIpc) is 3.19. The van der Waals surface area contributed by atoms with Crippen molar-refractivity contribution in [2.75, 3.05) is 28.6 Å². The molecule has 0 unspecified atom stereocenters. The van der Waals surface area contributed by atoms with Crippen LogP contribution in [0.5, 0.6) is 0 Å². The quantitative estimate of drug-likeness (QED) is 0.699. The van der Waals surface area contributed by atoms with Crippen molar-refractivity contribution in [2.24, 2.45) is 0 Å². The molecule has 0 atom stereocenters. The molecule has 2 heterocycles. The van der Waals surface area contributed by atoms with Gasteiger partial charge in [0.2, 0.25) is 5.95 Å². The fourth-order valence-corrected chi connectivity index (χ4v) is 3.03. The number of hydrogen-bond donors (Lipinski definition) is 2. The molecule has 2 N–H and O–H groups in total. The molecule has 3 aromatic rings. The lowest BCUT2D eigenvalue weighted by Gasteiger charge is -2.18. The predicted octanol–water partition coefficient (Wildman–Crippen LogP) is 4.70. The van der Waals surface area contributed by atoms with Gasteiger partial charge < -0.3 is 15.5 Å². The van der Waals surface area contributed by atoms with E-state index in [1.807, 2.05) is 6.07 Å².